The van der Waals surface area contributed by atoms with E-state index in [0.717, 1.165) is 0 Å². The molecule has 16 heavy (non-hydrogen) atoms. The van der Waals surface area contributed by atoms with Crippen molar-refractivity contribution in [3.8, 4) is 0 Å². The first-order valence-corrected chi connectivity index (χ1v) is 4.87. The van der Waals surface area contributed by atoms with Gasteiger partial charge in [0.05, 0.1) is 6.61 Å². The molecular formula is C9H18N2O5. The standard InChI is InChI=1S/C9H18N2O5/c1-6(13)11-4-9(16,5-12)3-2-7(10)8(14)15/h7,12,16H,2-5,10H2,1H3,(H,11,13)(H,14,15)/t7-,9+/m0/s1. The summed E-state index contributed by atoms with van der Waals surface area (Å²) in [5, 5.41) is 29.6. The third-order valence-corrected chi connectivity index (χ3v) is 2.20. The Morgan fingerprint density at radius 3 is 2.44 bits per heavy atom. The topological polar surface area (TPSA) is 133 Å². The number of rotatable bonds is 7. The van der Waals surface area contributed by atoms with Crippen molar-refractivity contribution >= 4 is 11.9 Å². The molecule has 7 heteroatoms. The van der Waals surface area contributed by atoms with Gasteiger partial charge in [0.25, 0.3) is 0 Å². The summed E-state index contributed by atoms with van der Waals surface area (Å²) in [5.74, 6) is -1.51. The minimum Gasteiger partial charge on any atom is -0.480 e. The van der Waals surface area contributed by atoms with E-state index in [1.807, 2.05) is 0 Å². The second kappa shape index (κ2) is 6.41. The first-order chi connectivity index (χ1) is 7.30. The van der Waals surface area contributed by atoms with Crippen molar-refractivity contribution in [3.63, 3.8) is 0 Å². The van der Waals surface area contributed by atoms with Crippen molar-refractivity contribution < 1.29 is 24.9 Å². The third-order valence-electron chi connectivity index (χ3n) is 2.20. The molecule has 7 nitrogen and oxygen atoms in total. The van der Waals surface area contributed by atoms with Crippen LogP contribution in [0.15, 0.2) is 0 Å². The maximum absolute atomic E-state index is 10.6. The number of aliphatic hydroxyl groups excluding tert-OH is 1. The molecule has 0 aliphatic rings. The predicted molar refractivity (Wildman–Crippen MR) is 55.6 cm³/mol. The van der Waals surface area contributed by atoms with Crippen molar-refractivity contribution in [3.05, 3.63) is 0 Å². The highest BCUT2D eigenvalue weighted by atomic mass is 16.4. The quantitative estimate of drug-likeness (QED) is 0.347. The maximum Gasteiger partial charge on any atom is 0.320 e. The number of carbonyl (C=O) groups is 2. The summed E-state index contributed by atoms with van der Waals surface area (Å²) in [5.41, 5.74) is 3.73. The highest BCUT2D eigenvalue weighted by molar-refractivity contribution is 5.73. The average Bonchev–Trinajstić information content (AvgIpc) is 2.23. The van der Waals surface area contributed by atoms with Gasteiger partial charge in [0.2, 0.25) is 5.91 Å². The van der Waals surface area contributed by atoms with Crippen molar-refractivity contribution in [2.75, 3.05) is 13.2 Å². The summed E-state index contributed by atoms with van der Waals surface area (Å²) < 4.78 is 0. The van der Waals surface area contributed by atoms with Gasteiger partial charge in [-0.2, -0.15) is 0 Å². The van der Waals surface area contributed by atoms with Gasteiger partial charge in [-0.15, -0.1) is 0 Å². The lowest BCUT2D eigenvalue weighted by Gasteiger charge is -2.26. The van der Waals surface area contributed by atoms with Gasteiger partial charge in [-0.1, -0.05) is 0 Å². The molecule has 2 atom stereocenters. The van der Waals surface area contributed by atoms with Gasteiger partial charge in [0.1, 0.15) is 11.6 Å². The molecule has 94 valence electrons. The van der Waals surface area contributed by atoms with E-state index in [9.17, 15) is 14.7 Å². The van der Waals surface area contributed by atoms with E-state index < -0.39 is 24.2 Å². The minimum atomic E-state index is -1.53. The lowest BCUT2D eigenvalue weighted by atomic mass is 9.96. The number of carboxylic acids is 1. The molecule has 0 aromatic carbocycles. The first-order valence-electron chi connectivity index (χ1n) is 4.87. The van der Waals surface area contributed by atoms with Gasteiger partial charge in [-0.3, -0.25) is 9.59 Å². The van der Waals surface area contributed by atoms with Gasteiger partial charge in [0, 0.05) is 13.5 Å². The fraction of sp³-hybridized carbons (Fsp3) is 0.778. The Labute approximate surface area is 93.3 Å². The highest BCUT2D eigenvalue weighted by Gasteiger charge is 2.28. The highest BCUT2D eigenvalue weighted by Crippen LogP contribution is 2.12. The molecule has 0 spiro atoms. The Morgan fingerprint density at radius 1 is 1.50 bits per heavy atom. The smallest absolute Gasteiger partial charge is 0.320 e. The molecule has 0 aromatic heterocycles. The third kappa shape index (κ3) is 5.64. The van der Waals surface area contributed by atoms with E-state index in [1.54, 1.807) is 0 Å². The fourth-order valence-electron chi connectivity index (χ4n) is 1.06. The number of hydrogen-bond donors (Lipinski definition) is 5. The first kappa shape index (κ1) is 14.8. The van der Waals surface area contributed by atoms with Crippen LogP contribution >= 0.6 is 0 Å². The number of hydrogen-bond acceptors (Lipinski definition) is 5. The molecule has 0 saturated heterocycles. The van der Waals surface area contributed by atoms with Crippen molar-refractivity contribution in [2.24, 2.45) is 5.73 Å². The van der Waals surface area contributed by atoms with Crippen LogP contribution in [-0.2, 0) is 9.59 Å². The molecule has 6 N–H and O–H groups in total. The van der Waals surface area contributed by atoms with Crippen molar-refractivity contribution in [1.29, 1.82) is 0 Å². The second-order valence-electron chi connectivity index (χ2n) is 3.78. The average molecular weight is 234 g/mol. The van der Waals surface area contributed by atoms with Crippen molar-refractivity contribution in [1.82, 2.24) is 5.32 Å². The Morgan fingerprint density at radius 2 is 2.06 bits per heavy atom. The molecule has 0 heterocycles. The van der Waals surface area contributed by atoms with Crippen LogP contribution in [-0.4, -0.2) is 52.0 Å². The number of carbonyl (C=O) groups excluding carboxylic acids is 1. The van der Waals surface area contributed by atoms with E-state index in [4.69, 9.17) is 15.9 Å². The normalized spacial score (nSPS) is 16.2. The zero-order valence-electron chi connectivity index (χ0n) is 9.14. The molecule has 0 radical (unpaired) electrons. The largest absolute Gasteiger partial charge is 0.480 e. The maximum atomic E-state index is 10.6. The van der Waals surface area contributed by atoms with Crippen LogP contribution in [0.3, 0.4) is 0 Å². The van der Waals surface area contributed by atoms with E-state index in [2.05, 4.69) is 5.32 Å². The lowest BCUT2D eigenvalue weighted by Crippen LogP contribution is -2.46. The molecule has 0 unspecified atom stereocenters. The number of aliphatic hydroxyl groups is 2. The number of nitrogens with one attached hydrogen (secondary N) is 1. The molecule has 0 aliphatic carbocycles. The summed E-state index contributed by atoms with van der Waals surface area (Å²) in [6.07, 6.45) is 0.0171. The van der Waals surface area contributed by atoms with Crippen LogP contribution in [0.4, 0.5) is 0 Å². The summed E-state index contributed by atoms with van der Waals surface area (Å²) in [6, 6.07) is -1.09. The monoisotopic (exact) mass is 234 g/mol. The van der Waals surface area contributed by atoms with Crippen LogP contribution in [0.25, 0.3) is 0 Å². The van der Waals surface area contributed by atoms with Crippen molar-refractivity contribution in [2.45, 2.75) is 31.4 Å². The molecular weight excluding hydrogens is 216 g/mol. The van der Waals surface area contributed by atoms with E-state index in [0.29, 0.717) is 0 Å². The lowest BCUT2D eigenvalue weighted by molar-refractivity contribution is -0.139. The summed E-state index contributed by atoms with van der Waals surface area (Å²) in [6.45, 7) is 0.575. The number of amides is 1. The zero-order chi connectivity index (χ0) is 12.8. The van der Waals surface area contributed by atoms with Gasteiger partial charge in [-0.25, -0.2) is 0 Å². The Balaban J connectivity index is 4.15. The molecule has 0 aromatic rings. The summed E-state index contributed by atoms with van der Waals surface area (Å²) in [4.78, 5) is 21.1. The molecule has 1 amide bonds. The zero-order valence-corrected chi connectivity index (χ0v) is 9.14. The van der Waals surface area contributed by atoms with Crippen LogP contribution < -0.4 is 11.1 Å². The Bertz CT molecular complexity index is 258. The fourth-order valence-corrected chi connectivity index (χ4v) is 1.06. The van der Waals surface area contributed by atoms with Gasteiger partial charge >= 0.3 is 5.97 Å². The van der Waals surface area contributed by atoms with E-state index in [-0.39, 0.29) is 25.3 Å². The van der Waals surface area contributed by atoms with Crippen LogP contribution in [0.2, 0.25) is 0 Å². The van der Waals surface area contributed by atoms with Gasteiger partial charge in [0.15, 0.2) is 0 Å². The van der Waals surface area contributed by atoms with Crippen LogP contribution in [0.5, 0.6) is 0 Å². The molecule has 0 fully saturated rings. The van der Waals surface area contributed by atoms with E-state index in [1.165, 1.54) is 6.92 Å². The number of nitrogens with two attached hydrogens (primary N) is 1. The second-order valence-corrected chi connectivity index (χ2v) is 3.78. The number of carboxylic acid groups (broad SMARTS) is 1. The molecule has 0 bridgehead atoms. The van der Waals surface area contributed by atoms with Crippen LogP contribution in [0.1, 0.15) is 19.8 Å². The SMILES string of the molecule is CC(=O)NC[C@@](O)(CO)CC[C@H](N)C(=O)O. The van der Waals surface area contributed by atoms with Gasteiger partial charge in [-0.05, 0) is 12.8 Å². The van der Waals surface area contributed by atoms with E-state index >= 15 is 0 Å². The number of aliphatic carboxylic acids is 1. The molecule has 0 saturated carbocycles. The van der Waals surface area contributed by atoms with Gasteiger partial charge < -0.3 is 26.4 Å². The molecule has 0 aliphatic heterocycles. The summed E-state index contributed by atoms with van der Waals surface area (Å²) >= 11 is 0. The van der Waals surface area contributed by atoms with Crippen LogP contribution in [0, 0.1) is 0 Å². The summed E-state index contributed by atoms with van der Waals surface area (Å²) in [7, 11) is 0. The minimum absolute atomic E-state index is 0.00273. The Hall–Kier alpha value is -1.18. The molecule has 0 rings (SSSR count). The predicted octanol–water partition coefficient (Wildman–Crippen LogP) is -1.96. The Kier molecular flexibility index (Phi) is 5.94.